The van der Waals surface area contributed by atoms with E-state index in [1.54, 1.807) is 5.19 Å². The molecule has 32 heavy (non-hydrogen) atoms. The third-order valence-electron chi connectivity index (χ3n) is 6.37. The summed E-state index contributed by atoms with van der Waals surface area (Å²) in [4.78, 5) is 0. The van der Waals surface area contributed by atoms with E-state index in [1.165, 1.54) is 33.4 Å². The van der Waals surface area contributed by atoms with E-state index in [1.807, 2.05) is 0 Å². The van der Waals surface area contributed by atoms with Gasteiger partial charge in [0.2, 0.25) is 0 Å². The zero-order valence-electron chi connectivity index (χ0n) is 18.6. The zero-order chi connectivity index (χ0) is 21.2. The van der Waals surface area contributed by atoms with E-state index in [2.05, 4.69) is 128 Å². The van der Waals surface area contributed by atoms with E-state index in [0.717, 1.165) is 0 Å². The second-order valence-electron chi connectivity index (χ2n) is 8.54. The minimum atomic E-state index is -0.371. The molecule has 0 saturated carbocycles. The van der Waals surface area contributed by atoms with Crippen LogP contribution in [0, 0.1) is 0 Å². The van der Waals surface area contributed by atoms with Crippen molar-refractivity contribution < 1.29 is 26.2 Å². The molecule has 155 valence electrons. The fourth-order valence-electron chi connectivity index (χ4n) is 4.82. The number of hydrogen-bond acceptors (Lipinski definition) is 0. The van der Waals surface area contributed by atoms with Gasteiger partial charge in [-0.2, -0.15) is 40.6 Å². The van der Waals surface area contributed by atoms with Crippen LogP contribution in [0.2, 0.25) is 13.1 Å². The Morgan fingerprint density at radius 1 is 0.625 bits per heavy atom. The minimum absolute atomic E-state index is 0. The van der Waals surface area contributed by atoms with E-state index in [-0.39, 0.29) is 35.0 Å². The molecule has 6 rings (SSSR count). The van der Waals surface area contributed by atoms with Crippen molar-refractivity contribution in [3.05, 3.63) is 137 Å². The zero-order valence-corrected chi connectivity index (χ0v) is 22.1. The smallest absolute Gasteiger partial charge is 0.213 e. The van der Waals surface area contributed by atoms with Crippen molar-refractivity contribution in [1.29, 1.82) is 0 Å². The van der Waals surface area contributed by atoms with Crippen LogP contribution in [0.1, 0.15) is 45.2 Å². The fourth-order valence-corrected chi connectivity index (χ4v) is 6.06. The normalized spacial score (nSPS) is 17.5. The van der Waals surface area contributed by atoms with Crippen LogP contribution in [-0.4, -0.2) is 8.80 Å². The van der Waals surface area contributed by atoms with Crippen molar-refractivity contribution in [1.82, 2.24) is 0 Å². The molecule has 4 aromatic carbocycles. The predicted molar refractivity (Wildman–Crippen MR) is 136 cm³/mol. The molecule has 0 spiro atoms. The van der Waals surface area contributed by atoms with E-state index >= 15 is 0 Å². The molecule has 2 atom stereocenters. The standard InChI is InChI=1S/C16H16Si.C14H11.Zr/c1-17(2)16-9-5-8-15(16)14-11-10-12-6-3-4-7-13(12)14;1-2-6-11(5-1)14-10-9-12-7-3-4-8-13(12)14;/h3-11,14H,1-2H3;1-10,14H;/q2*-1;+2. The van der Waals surface area contributed by atoms with Crippen molar-refractivity contribution in [3.8, 4) is 0 Å². The molecule has 0 aliphatic heterocycles. The summed E-state index contributed by atoms with van der Waals surface area (Å²) in [5, 5.41) is 1.58. The third-order valence-corrected chi connectivity index (χ3v) is 7.90. The van der Waals surface area contributed by atoms with Gasteiger partial charge in [-0.1, -0.05) is 85.9 Å². The van der Waals surface area contributed by atoms with Crippen LogP contribution in [0.3, 0.4) is 0 Å². The fraction of sp³-hybridized carbons (Fsp3) is 0.133. The quantitative estimate of drug-likeness (QED) is 0.206. The summed E-state index contributed by atoms with van der Waals surface area (Å²) in [6, 6.07) is 32.7. The maximum atomic E-state index is 2.37. The molecule has 0 N–H and O–H groups in total. The Morgan fingerprint density at radius 3 is 1.88 bits per heavy atom. The van der Waals surface area contributed by atoms with Gasteiger partial charge in [0.25, 0.3) is 0 Å². The first kappa shape index (κ1) is 22.9. The molecule has 2 aliphatic carbocycles. The van der Waals surface area contributed by atoms with Crippen molar-refractivity contribution in [2.45, 2.75) is 24.9 Å². The molecule has 0 fully saturated rings. The summed E-state index contributed by atoms with van der Waals surface area (Å²) in [5.74, 6) is 0.956. The van der Waals surface area contributed by atoms with Gasteiger partial charge in [0.1, 0.15) is 0 Å². The summed E-state index contributed by atoms with van der Waals surface area (Å²) in [7, 11) is -0.371. The number of benzene rings is 2. The Labute approximate surface area is 212 Å². The summed E-state index contributed by atoms with van der Waals surface area (Å²) in [6.45, 7) is 4.74. The number of rotatable bonds is 3. The van der Waals surface area contributed by atoms with Gasteiger partial charge < -0.3 is 0 Å². The molecule has 2 aliphatic rings. The number of fused-ring (bicyclic) bond motifs is 2. The van der Waals surface area contributed by atoms with Gasteiger partial charge in [-0.05, 0) is 28.2 Å². The summed E-state index contributed by atoms with van der Waals surface area (Å²) in [6.07, 6.45) is 9.09. The molecule has 0 aromatic heterocycles. The van der Waals surface area contributed by atoms with Crippen LogP contribution in [0.5, 0.6) is 0 Å². The molecule has 4 aromatic rings. The van der Waals surface area contributed by atoms with Crippen LogP contribution < -0.4 is 5.19 Å². The Bertz CT molecular complexity index is 1220. The number of allylic oxidation sites excluding steroid dienone is 2. The third kappa shape index (κ3) is 4.45. The first-order valence-corrected chi connectivity index (χ1v) is 13.5. The molecule has 0 saturated heterocycles. The summed E-state index contributed by atoms with van der Waals surface area (Å²) >= 11 is 0. The predicted octanol–water partition coefficient (Wildman–Crippen LogP) is 7.09. The van der Waals surface area contributed by atoms with Gasteiger partial charge in [-0.3, -0.25) is 0 Å². The van der Waals surface area contributed by atoms with E-state index in [0.29, 0.717) is 11.8 Å². The minimum Gasteiger partial charge on any atom is -0.213 e. The summed E-state index contributed by atoms with van der Waals surface area (Å²) < 4.78 is 0. The molecular weight excluding hydrogens is 480 g/mol. The Balaban J connectivity index is 0.000000151. The molecule has 0 amide bonds. The maximum absolute atomic E-state index is 2.37. The second-order valence-corrected chi connectivity index (χ2v) is 11.1. The van der Waals surface area contributed by atoms with Gasteiger partial charge in [-0.15, -0.1) is 0 Å². The monoisotopic (exact) mass is 505 g/mol. The summed E-state index contributed by atoms with van der Waals surface area (Å²) in [5.41, 5.74) is 8.54. The van der Waals surface area contributed by atoms with Crippen molar-refractivity contribution in [3.63, 3.8) is 0 Å². The van der Waals surface area contributed by atoms with Gasteiger partial charge in [0, 0.05) is 5.92 Å². The van der Waals surface area contributed by atoms with Gasteiger partial charge >= 0.3 is 26.2 Å². The molecule has 0 heterocycles. The molecular formula is C30H27SiZr. The van der Waals surface area contributed by atoms with Gasteiger partial charge in [0.15, 0.2) is 0 Å². The maximum Gasteiger partial charge on any atom is 2.00 e. The van der Waals surface area contributed by atoms with Crippen LogP contribution in [-0.2, 0) is 26.2 Å². The van der Waals surface area contributed by atoms with Crippen LogP contribution >= 0.6 is 0 Å². The Morgan fingerprint density at radius 2 is 1.25 bits per heavy atom. The van der Waals surface area contributed by atoms with Gasteiger partial charge in [-0.25, -0.2) is 18.2 Å². The average Bonchev–Trinajstić information content (AvgIpc) is 3.59. The van der Waals surface area contributed by atoms with E-state index in [9.17, 15) is 0 Å². The first-order valence-electron chi connectivity index (χ1n) is 11.0. The van der Waals surface area contributed by atoms with Crippen molar-refractivity contribution in [2.24, 2.45) is 0 Å². The molecule has 0 bridgehead atoms. The molecule has 2 heteroatoms. The van der Waals surface area contributed by atoms with Crippen LogP contribution in [0.25, 0.3) is 12.2 Å². The molecule has 2 unspecified atom stereocenters. The Hall–Kier alpha value is -2.28. The van der Waals surface area contributed by atoms with E-state index < -0.39 is 0 Å². The van der Waals surface area contributed by atoms with Crippen LogP contribution in [0.4, 0.5) is 0 Å². The van der Waals surface area contributed by atoms with Crippen molar-refractivity contribution in [2.75, 3.05) is 0 Å². The van der Waals surface area contributed by atoms with Crippen molar-refractivity contribution >= 4 is 26.1 Å². The van der Waals surface area contributed by atoms with Crippen LogP contribution in [0.15, 0.2) is 103 Å². The average molecular weight is 507 g/mol. The Kier molecular flexibility index (Phi) is 7.23. The first-order chi connectivity index (χ1) is 15.2. The van der Waals surface area contributed by atoms with E-state index in [4.69, 9.17) is 0 Å². The number of hydrogen-bond donors (Lipinski definition) is 0. The van der Waals surface area contributed by atoms with Gasteiger partial charge in [0.05, 0.1) is 8.80 Å². The topological polar surface area (TPSA) is 0 Å². The largest absolute Gasteiger partial charge is 2.00 e. The molecule has 1 radical (unpaired) electrons. The SMILES string of the molecule is C1=CC(c2ccc[cH-]2)c2ccccc21.C[Si](C)c1[cH-]ccc1C1C=Cc2ccccc21.[Zr+2]. The molecule has 0 nitrogen and oxygen atoms in total. The second kappa shape index (κ2) is 10.1.